The van der Waals surface area contributed by atoms with Crippen LogP contribution in [0.25, 0.3) is 10.8 Å². The standard InChI is InChI=1S/C17H20N4O2/c1-17(2)8-20-16-11-6-14(23-4)13(22-3)5-10(11)12(7-18)15(19)21(16)9-17/h5-6,19-20H,8-9H2,1-4H3. The molecule has 2 N–H and O–H groups in total. The second-order valence-electron chi connectivity index (χ2n) is 6.54. The summed E-state index contributed by atoms with van der Waals surface area (Å²) in [5.41, 5.74) is 0.594. The second kappa shape index (κ2) is 5.20. The number of anilines is 1. The Hall–Kier alpha value is -2.68. The summed E-state index contributed by atoms with van der Waals surface area (Å²) in [4.78, 5) is 0. The summed E-state index contributed by atoms with van der Waals surface area (Å²) < 4.78 is 12.6. The zero-order valence-electron chi connectivity index (χ0n) is 13.8. The van der Waals surface area contributed by atoms with Crippen molar-refractivity contribution < 1.29 is 9.47 Å². The Kier molecular flexibility index (Phi) is 3.44. The van der Waals surface area contributed by atoms with Crippen LogP contribution in [-0.2, 0) is 6.54 Å². The molecule has 1 aliphatic heterocycles. The number of fused-ring (bicyclic) bond motifs is 3. The van der Waals surface area contributed by atoms with E-state index in [1.165, 1.54) is 0 Å². The highest BCUT2D eigenvalue weighted by Crippen LogP contribution is 2.38. The molecule has 1 aliphatic rings. The van der Waals surface area contributed by atoms with Crippen molar-refractivity contribution in [2.45, 2.75) is 20.4 Å². The molecule has 0 spiro atoms. The molecule has 6 nitrogen and oxygen atoms in total. The van der Waals surface area contributed by atoms with Crippen molar-refractivity contribution in [3.05, 3.63) is 23.2 Å². The monoisotopic (exact) mass is 312 g/mol. The van der Waals surface area contributed by atoms with E-state index in [0.29, 0.717) is 29.0 Å². The Balaban J connectivity index is 2.43. The lowest BCUT2D eigenvalue weighted by Gasteiger charge is -2.35. The number of rotatable bonds is 2. The van der Waals surface area contributed by atoms with Crippen molar-refractivity contribution in [1.82, 2.24) is 4.57 Å². The number of pyridine rings is 1. The van der Waals surface area contributed by atoms with E-state index in [1.54, 1.807) is 20.3 Å². The SMILES string of the molecule is COc1cc2c(C#N)c(=N)n3c(c2cc1OC)NCC(C)(C)C3. The normalized spacial score (nSPS) is 15.4. The average molecular weight is 312 g/mol. The van der Waals surface area contributed by atoms with Crippen LogP contribution in [-0.4, -0.2) is 25.3 Å². The van der Waals surface area contributed by atoms with E-state index in [1.807, 2.05) is 10.6 Å². The molecule has 6 heteroatoms. The van der Waals surface area contributed by atoms with Crippen LogP contribution in [0.4, 0.5) is 5.82 Å². The molecular weight excluding hydrogens is 292 g/mol. The van der Waals surface area contributed by atoms with Crippen LogP contribution in [0.15, 0.2) is 12.1 Å². The Labute approximate surface area is 134 Å². The smallest absolute Gasteiger partial charge is 0.161 e. The molecule has 0 saturated heterocycles. The third kappa shape index (κ3) is 2.29. The fraction of sp³-hybridized carbons (Fsp3) is 0.412. The number of hydrogen-bond donors (Lipinski definition) is 2. The summed E-state index contributed by atoms with van der Waals surface area (Å²) >= 11 is 0. The second-order valence-corrected chi connectivity index (χ2v) is 6.54. The van der Waals surface area contributed by atoms with Crippen molar-refractivity contribution in [3.63, 3.8) is 0 Å². The van der Waals surface area contributed by atoms with Gasteiger partial charge < -0.3 is 19.4 Å². The Morgan fingerprint density at radius 2 is 1.83 bits per heavy atom. The summed E-state index contributed by atoms with van der Waals surface area (Å²) in [5, 5.41) is 23.0. The molecular formula is C17H20N4O2. The predicted molar refractivity (Wildman–Crippen MR) is 87.9 cm³/mol. The zero-order chi connectivity index (χ0) is 16.8. The lowest BCUT2D eigenvalue weighted by atomic mass is 9.90. The maximum Gasteiger partial charge on any atom is 0.161 e. The third-order valence-corrected chi connectivity index (χ3v) is 4.26. The minimum absolute atomic E-state index is 0.0183. The van der Waals surface area contributed by atoms with E-state index in [9.17, 15) is 5.26 Å². The Morgan fingerprint density at radius 1 is 1.22 bits per heavy atom. The number of ether oxygens (including phenoxy) is 2. The molecule has 0 atom stereocenters. The largest absolute Gasteiger partial charge is 0.493 e. The maximum absolute atomic E-state index is 9.56. The number of nitriles is 1. The molecule has 0 amide bonds. The summed E-state index contributed by atoms with van der Waals surface area (Å²) in [6.45, 7) is 5.77. The van der Waals surface area contributed by atoms with Crippen molar-refractivity contribution in [2.24, 2.45) is 5.41 Å². The zero-order valence-corrected chi connectivity index (χ0v) is 13.8. The number of methoxy groups -OCH3 is 2. The van der Waals surface area contributed by atoms with Crippen LogP contribution < -0.4 is 20.3 Å². The molecule has 3 rings (SSSR count). The summed E-state index contributed by atoms with van der Waals surface area (Å²) in [7, 11) is 3.15. The van der Waals surface area contributed by atoms with E-state index in [0.717, 1.165) is 17.7 Å². The first-order valence-electron chi connectivity index (χ1n) is 7.43. The number of nitrogens with one attached hydrogen (secondary N) is 2. The van der Waals surface area contributed by atoms with Crippen LogP contribution >= 0.6 is 0 Å². The van der Waals surface area contributed by atoms with E-state index in [2.05, 4.69) is 25.2 Å². The van der Waals surface area contributed by atoms with Gasteiger partial charge in [-0.2, -0.15) is 5.26 Å². The molecule has 1 aromatic heterocycles. The van der Waals surface area contributed by atoms with Gasteiger partial charge in [-0.15, -0.1) is 0 Å². The Bertz CT molecular complexity index is 890. The van der Waals surface area contributed by atoms with Crippen molar-refractivity contribution in [3.8, 4) is 17.6 Å². The molecule has 0 radical (unpaired) electrons. The van der Waals surface area contributed by atoms with Gasteiger partial charge in [0.1, 0.15) is 22.9 Å². The third-order valence-electron chi connectivity index (χ3n) is 4.26. The molecule has 0 unspecified atom stereocenters. The number of hydrogen-bond acceptors (Lipinski definition) is 5. The first-order valence-corrected chi connectivity index (χ1v) is 7.43. The van der Waals surface area contributed by atoms with E-state index >= 15 is 0 Å². The van der Waals surface area contributed by atoms with Crippen molar-refractivity contribution in [1.29, 1.82) is 10.7 Å². The number of benzene rings is 1. The van der Waals surface area contributed by atoms with Gasteiger partial charge >= 0.3 is 0 Å². The van der Waals surface area contributed by atoms with Gasteiger partial charge in [-0.1, -0.05) is 13.8 Å². The molecule has 0 aliphatic carbocycles. The molecule has 2 heterocycles. The molecule has 0 saturated carbocycles. The van der Waals surface area contributed by atoms with Crippen LogP contribution in [0.2, 0.25) is 0 Å². The van der Waals surface area contributed by atoms with Gasteiger partial charge in [0.05, 0.1) is 14.2 Å². The van der Waals surface area contributed by atoms with Crippen molar-refractivity contribution >= 4 is 16.6 Å². The van der Waals surface area contributed by atoms with Gasteiger partial charge in [-0.25, -0.2) is 0 Å². The minimum atomic E-state index is 0.0183. The number of aromatic nitrogens is 1. The maximum atomic E-state index is 9.56. The lowest BCUT2D eigenvalue weighted by Crippen LogP contribution is -2.40. The summed E-state index contributed by atoms with van der Waals surface area (Å²) in [5.74, 6) is 2.01. The van der Waals surface area contributed by atoms with Crippen molar-refractivity contribution in [2.75, 3.05) is 26.1 Å². The number of nitrogens with zero attached hydrogens (tertiary/aromatic N) is 2. The first-order chi connectivity index (χ1) is 10.9. The first kappa shape index (κ1) is 15.2. The Morgan fingerprint density at radius 3 is 2.39 bits per heavy atom. The highest BCUT2D eigenvalue weighted by atomic mass is 16.5. The molecule has 1 aromatic carbocycles. The van der Waals surface area contributed by atoms with Gasteiger partial charge in [-0.3, -0.25) is 5.41 Å². The molecule has 2 aromatic rings. The fourth-order valence-corrected chi connectivity index (χ4v) is 3.07. The molecule has 23 heavy (non-hydrogen) atoms. The molecule has 0 bridgehead atoms. The van der Waals surface area contributed by atoms with Gasteiger partial charge in [0.15, 0.2) is 11.5 Å². The fourth-order valence-electron chi connectivity index (χ4n) is 3.07. The highest BCUT2D eigenvalue weighted by Gasteiger charge is 2.28. The topological polar surface area (TPSA) is 83.1 Å². The van der Waals surface area contributed by atoms with Gasteiger partial charge in [-0.05, 0) is 12.1 Å². The molecule has 0 fully saturated rings. The highest BCUT2D eigenvalue weighted by molar-refractivity contribution is 5.98. The van der Waals surface area contributed by atoms with E-state index in [4.69, 9.17) is 14.9 Å². The van der Waals surface area contributed by atoms with Gasteiger partial charge in [0, 0.05) is 29.3 Å². The predicted octanol–water partition coefficient (Wildman–Crippen LogP) is 2.46. The van der Waals surface area contributed by atoms with Gasteiger partial charge in [0.25, 0.3) is 0 Å². The van der Waals surface area contributed by atoms with Crippen LogP contribution in [0.3, 0.4) is 0 Å². The lowest BCUT2D eigenvalue weighted by molar-refractivity contribution is 0.304. The molecule has 120 valence electrons. The minimum Gasteiger partial charge on any atom is -0.493 e. The quantitative estimate of drug-likeness (QED) is 0.892. The average Bonchev–Trinajstić information content (AvgIpc) is 2.53. The summed E-state index contributed by atoms with van der Waals surface area (Å²) in [6, 6.07) is 5.81. The van der Waals surface area contributed by atoms with Gasteiger partial charge in [0.2, 0.25) is 0 Å². The van der Waals surface area contributed by atoms with E-state index in [-0.39, 0.29) is 10.9 Å². The van der Waals surface area contributed by atoms with E-state index < -0.39 is 0 Å². The van der Waals surface area contributed by atoms with Crippen LogP contribution in [0.5, 0.6) is 11.5 Å². The van der Waals surface area contributed by atoms with Crippen LogP contribution in [0.1, 0.15) is 19.4 Å². The van der Waals surface area contributed by atoms with Crippen LogP contribution in [0, 0.1) is 22.2 Å². The summed E-state index contributed by atoms with van der Waals surface area (Å²) in [6.07, 6.45) is 0.